The van der Waals surface area contributed by atoms with Crippen LogP contribution in [0, 0.1) is 6.92 Å². The molecule has 7 heteroatoms. The highest BCUT2D eigenvalue weighted by Crippen LogP contribution is 2.21. The average Bonchev–Trinajstić information content (AvgIpc) is 3.23. The number of halogens is 1. The monoisotopic (exact) mass is 351 g/mol. The lowest BCUT2D eigenvalue weighted by Crippen LogP contribution is -2.12. The van der Waals surface area contributed by atoms with E-state index in [1.54, 1.807) is 18.2 Å². The summed E-state index contributed by atoms with van der Waals surface area (Å²) in [6, 6.07) is 14.6. The number of carbonyl (C=O) groups is 1. The molecule has 2 aromatic heterocycles. The van der Waals surface area contributed by atoms with E-state index in [0.717, 1.165) is 16.6 Å². The first-order valence-electron chi connectivity index (χ1n) is 7.68. The van der Waals surface area contributed by atoms with Gasteiger partial charge >= 0.3 is 0 Å². The fraction of sp³-hybridized carbons (Fsp3) is 0.0556. The van der Waals surface area contributed by atoms with Crippen molar-refractivity contribution in [2.24, 2.45) is 0 Å². The van der Waals surface area contributed by atoms with Crippen molar-refractivity contribution >= 4 is 34.4 Å². The van der Waals surface area contributed by atoms with Gasteiger partial charge in [0.25, 0.3) is 5.91 Å². The minimum absolute atomic E-state index is 0.274. The standard InChI is InChI=1S/C18H14ClN5O/c1-10-6-7-11(8-12(10)19)18(25)22-16-9-15(23-24-16)17-20-13-4-2-3-5-14(13)21-17/h2-9H,1H3,(H,20,21)(H2,22,23,24,25). The fourth-order valence-corrected chi connectivity index (χ4v) is 2.69. The van der Waals surface area contributed by atoms with E-state index in [4.69, 9.17) is 11.6 Å². The van der Waals surface area contributed by atoms with Crippen LogP contribution in [0.25, 0.3) is 22.6 Å². The van der Waals surface area contributed by atoms with Gasteiger partial charge in [-0.1, -0.05) is 29.8 Å². The minimum atomic E-state index is -0.274. The molecule has 0 atom stereocenters. The molecular weight excluding hydrogens is 338 g/mol. The number of para-hydroxylation sites is 2. The Hall–Kier alpha value is -3.12. The largest absolute Gasteiger partial charge is 0.337 e. The molecule has 124 valence electrons. The Labute approximate surface area is 148 Å². The molecule has 0 saturated heterocycles. The van der Waals surface area contributed by atoms with Gasteiger partial charge in [0.15, 0.2) is 11.6 Å². The molecule has 0 aliphatic carbocycles. The number of benzene rings is 2. The first-order chi connectivity index (χ1) is 12.1. The summed E-state index contributed by atoms with van der Waals surface area (Å²) in [5.74, 6) is 0.800. The van der Waals surface area contributed by atoms with E-state index in [1.165, 1.54) is 0 Å². The van der Waals surface area contributed by atoms with Gasteiger partial charge in [-0.25, -0.2) is 4.98 Å². The van der Waals surface area contributed by atoms with Crippen LogP contribution in [0.15, 0.2) is 48.5 Å². The summed E-state index contributed by atoms with van der Waals surface area (Å²) in [6.07, 6.45) is 0. The van der Waals surface area contributed by atoms with Gasteiger partial charge < -0.3 is 10.3 Å². The van der Waals surface area contributed by atoms with Crippen LogP contribution in [0.4, 0.5) is 5.82 Å². The Kier molecular flexibility index (Phi) is 3.74. The second-order valence-electron chi connectivity index (χ2n) is 5.69. The number of aromatic amines is 2. The quantitative estimate of drug-likeness (QED) is 0.517. The molecule has 0 bridgehead atoms. The van der Waals surface area contributed by atoms with E-state index in [2.05, 4.69) is 25.5 Å². The first kappa shape index (κ1) is 15.4. The molecule has 0 aliphatic heterocycles. The highest BCUT2D eigenvalue weighted by molar-refractivity contribution is 6.31. The normalized spacial score (nSPS) is 11.0. The average molecular weight is 352 g/mol. The lowest BCUT2D eigenvalue weighted by Gasteiger charge is -2.03. The topological polar surface area (TPSA) is 86.5 Å². The van der Waals surface area contributed by atoms with Crippen molar-refractivity contribution in [3.05, 3.63) is 64.7 Å². The van der Waals surface area contributed by atoms with E-state index < -0.39 is 0 Å². The number of aromatic nitrogens is 4. The number of rotatable bonds is 3. The maximum Gasteiger partial charge on any atom is 0.256 e. The van der Waals surface area contributed by atoms with Gasteiger partial charge in [-0.15, -0.1) is 0 Å². The number of carbonyl (C=O) groups excluding carboxylic acids is 1. The second-order valence-corrected chi connectivity index (χ2v) is 6.09. The van der Waals surface area contributed by atoms with Crippen LogP contribution in [0.2, 0.25) is 5.02 Å². The van der Waals surface area contributed by atoms with Gasteiger partial charge in [-0.05, 0) is 36.8 Å². The minimum Gasteiger partial charge on any atom is -0.337 e. The highest BCUT2D eigenvalue weighted by Gasteiger charge is 2.12. The van der Waals surface area contributed by atoms with Crippen molar-refractivity contribution in [2.75, 3.05) is 5.32 Å². The number of amides is 1. The number of hydrogen-bond acceptors (Lipinski definition) is 3. The van der Waals surface area contributed by atoms with Crippen LogP contribution < -0.4 is 5.32 Å². The molecule has 4 rings (SSSR count). The third kappa shape index (κ3) is 2.99. The Bertz CT molecular complexity index is 1050. The Balaban J connectivity index is 1.56. The molecule has 0 spiro atoms. The summed E-state index contributed by atoms with van der Waals surface area (Å²) in [5, 5.41) is 10.3. The van der Waals surface area contributed by atoms with E-state index in [0.29, 0.717) is 27.9 Å². The number of anilines is 1. The van der Waals surface area contributed by atoms with Gasteiger partial charge in [0, 0.05) is 16.7 Å². The van der Waals surface area contributed by atoms with Gasteiger partial charge in [-0.2, -0.15) is 5.10 Å². The molecule has 3 N–H and O–H groups in total. The van der Waals surface area contributed by atoms with E-state index >= 15 is 0 Å². The molecule has 0 radical (unpaired) electrons. The molecule has 4 aromatic rings. The number of nitrogens with one attached hydrogen (secondary N) is 3. The third-order valence-corrected chi connectivity index (χ3v) is 4.31. The maximum absolute atomic E-state index is 12.3. The highest BCUT2D eigenvalue weighted by atomic mass is 35.5. The van der Waals surface area contributed by atoms with Gasteiger partial charge in [0.2, 0.25) is 0 Å². The summed E-state index contributed by atoms with van der Waals surface area (Å²) in [7, 11) is 0. The molecule has 0 unspecified atom stereocenters. The lowest BCUT2D eigenvalue weighted by molar-refractivity contribution is 0.102. The van der Waals surface area contributed by atoms with Crippen LogP contribution in [0.3, 0.4) is 0 Å². The molecule has 1 amide bonds. The van der Waals surface area contributed by atoms with Crippen molar-refractivity contribution in [3.63, 3.8) is 0 Å². The number of aryl methyl sites for hydroxylation is 1. The van der Waals surface area contributed by atoms with Gasteiger partial charge in [0.1, 0.15) is 5.69 Å². The number of nitrogens with zero attached hydrogens (tertiary/aromatic N) is 2. The summed E-state index contributed by atoms with van der Waals surface area (Å²) < 4.78 is 0. The van der Waals surface area contributed by atoms with Gasteiger partial charge in [0.05, 0.1) is 11.0 Å². The Morgan fingerprint density at radius 1 is 1.16 bits per heavy atom. The zero-order valence-electron chi connectivity index (χ0n) is 13.3. The molecule has 6 nitrogen and oxygen atoms in total. The van der Waals surface area contributed by atoms with Crippen molar-refractivity contribution < 1.29 is 4.79 Å². The maximum atomic E-state index is 12.3. The van der Waals surface area contributed by atoms with Crippen molar-refractivity contribution in [2.45, 2.75) is 6.92 Å². The summed E-state index contributed by atoms with van der Waals surface area (Å²) in [5.41, 5.74) is 3.89. The molecule has 0 saturated carbocycles. The van der Waals surface area contributed by atoms with Crippen molar-refractivity contribution in [3.8, 4) is 11.5 Å². The number of imidazole rings is 1. The second kappa shape index (κ2) is 6.07. The molecule has 2 aromatic carbocycles. The fourth-order valence-electron chi connectivity index (χ4n) is 2.51. The zero-order valence-corrected chi connectivity index (χ0v) is 14.1. The Morgan fingerprint density at radius 2 is 2.00 bits per heavy atom. The van der Waals surface area contributed by atoms with Crippen molar-refractivity contribution in [1.29, 1.82) is 0 Å². The summed E-state index contributed by atoms with van der Waals surface area (Å²) in [4.78, 5) is 20.0. The van der Waals surface area contributed by atoms with Crippen molar-refractivity contribution in [1.82, 2.24) is 20.2 Å². The molecule has 0 aliphatic rings. The third-order valence-electron chi connectivity index (χ3n) is 3.90. The zero-order chi connectivity index (χ0) is 17.4. The van der Waals surface area contributed by atoms with E-state index in [-0.39, 0.29) is 5.91 Å². The molecule has 0 fully saturated rings. The predicted molar refractivity (Wildman–Crippen MR) is 97.8 cm³/mol. The van der Waals surface area contributed by atoms with Crippen LogP contribution in [0.5, 0.6) is 0 Å². The predicted octanol–water partition coefficient (Wildman–Crippen LogP) is 4.17. The molecular formula is C18H14ClN5O. The lowest BCUT2D eigenvalue weighted by atomic mass is 10.1. The molecule has 2 heterocycles. The molecule has 25 heavy (non-hydrogen) atoms. The van der Waals surface area contributed by atoms with Crippen LogP contribution >= 0.6 is 11.6 Å². The van der Waals surface area contributed by atoms with E-state index in [9.17, 15) is 4.79 Å². The number of hydrogen-bond donors (Lipinski definition) is 3. The SMILES string of the molecule is Cc1ccc(C(=O)Nc2cc(-c3nc4ccccc4[nH]3)[nH]n2)cc1Cl. The van der Waals surface area contributed by atoms with Crippen LogP contribution in [0.1, 0.15) is 15.9 Å². The van der Waals surface area contributed by atoms with E-state index in [1.807, 2.05) is 37.3 Å². The summed E-state index contributed by atoms with van der Waals surface area (Å²) in [6.45, 7) is 1.89. The van der Waals surface area contributed by atoms with Crippen LogP contribution in [-0.2, 0) is 0 Å². The smallest absolute Gasteiger partial charge is 0.256 e. The van der Waals surface area contributed by atoms with Gasteiger partial charge in [-0.3, -0.25) is 9.89 Å². The summed E-state index contributed by atoms with van der Waals surface area (Å²) >= 11 is 6.07. The first-order valence-corrected chi connectivity index (χ1v) is 8.06. The Morgan fingerprint density at radius 3 is 2.80 bits per heavy atom. The van der Waals surface area contributed by atoms with Crippen LogP contribution in [-0.4, -0.2) is 26.1 Å². The number of fused-ring (bicyclic) bond motifs is 1. The number of H-pyrrole nitrogens is 2.